The van der Waals surface area contributed by atoms with Gasteiger partial charge in [0.2, 0.25) is 0 Å². The molecule has 3 N–H and O–H groups in total. The molecule has 6 heteroatoms. The van der Waals surface area contributed by atoms with Gasteiger partial charge in [-0.2, -0.15) is 0 Å². The molecule has 0 aromatic carbocycles. The van der Waals surface area contributed by atoms with Crippen LogP contribution in [0, 0.1) is 0 Å². The van der Waals surface area contributed by atoms with Crippen LogP contribution in [0.25, 0.3) is 0 Å². The predicted molar refractivity (Wildman–Crippen MR) is 77.1 cm³/mol. The number of hydrogen-bond donors (Lipinski definition) is 2. The summed E-state index contributed by atoms with van der Waals surface area (Å²) in [4.78, 5) is 12.8. The quantitative estimate of drug-likeness (QED) is 0.841. The number of rotatable bonds is 4. The minimum Gasteiger partial charge on any atom is -0.393 e. The highest BCUT2D eigenvalue weighted by Gasteiger charge is 2.12. The molecular formula is C13H16ClN5. The molecule has 0 aliphatic carbocycles. The van der Waals surface area contributed by atoms with Crippen LogP contribution >= 0.6 is 11.6 Å². The maximum Gasteiger partial charge on any atom is 0.157 e. The zero-order valence-corrected chi connectivity index (χ0v) is 11.6. The number of nitrogens with one attached hydrogen (secondary N) is 1. The molecule has 0 amide bonds. The third-order valence-electron chi connectivity index (χ3n) is 2.60. The summed E-state index contributed by atoms with van der Waals surface area (Å²) in [6, 6.07) is 5.73. The third-order valence-corrected chi connectivity index (χ3v) is 2.88. The molecular weight excluding hydrogens is 262 g/mol. The number of anilines is 2. The number of nitrogens with two attached hydrogens (primary N) is 1. The fourth-order valence-corrected chi connectivity index (χ4v) is 1.70. The van der Waals surface area contributed by atoms with Crippen LogP contribution in [0.2, 0.25) is 5.15 Å². The molecule has 0 fully saturated rings. The zero-order valence-electron chi connectivity index (χ0n) is 10.9. The topological polar surface area (TPSA) is 76.7 Å². The molecule has 0 aliphatic heterocycles. The Labute approximate surface area is 117 Å². The number of nitrogen functional groups attached to an aromatic ring is 1. The molecule has 0 aliphatic rings. The first-order valence-corrected chi connectivity index (χ1v) is 6.42. The van der Waals surface area contributed by atoms with Gasteiger partial charge in [-0.3, -0.25) is 4.98 Å². The number of nitrogens with zero attached hydrogens (tertiary/aromatic N) is 3. The van der Waals surface area contributed by atoms with Crippen molar-refractivity contribution in [2.75, 3.05) is 11.1 Å². The van der Waals surface area contributed by atoms with Crippen LogP contribution < -0.4 is 11.1 Å². The Bertz CT molecular complexity index is 556. The Morgan fingerprint density at radius 3 is 2.74 bits per heavy atom. The Kier molecular flexibility index (Phi) is 4.16. The van der Waals surface area contributed by atoms with E-state index in [9.17, 15) is 0 Å². The molecule has 5 nitrogen and oxygen atoms in total. The monoisotopic (exact) mass is 277 g/mol. The van der Waals surface area contributed by atoms with E-state index in [1.807, 2.05) is 32.0 Å². The maximum absolute atomic E-state index is 6.01. The number of aromatic nitrogens is 3. The van der Waals surface area contributed by atoms with Crippen molar-refractivity contribution >= 4 is 23.1 Å². The van der Waals surface area contributed by atoms with Crippen molar-refractivity contribution in [1.29, 1.82) is 0 Å². The smallest absolute Gasteiger partial charge is 0.157 e. The molecule has 0 saturated heterocycles. The molecule has 0 radical (unpaired) electrons. The van der Waals surface area contributed by atoms with Crippen LogP contribution in [0.1, 0.15) is 31.3 Å². The van der Waals surface area contributed by atoms with E-state index in [2.05, 4.69) is 20.3 Å². The third kappa shape index (κ3) is 3.32. The lowest BCUT2D eigenvalue weighted by atomic mass is 10.2. The first kappa shape index (κ1) is 13.5. The van der Waals surface area contributed by atoms with Gasteiger partial charge in [0.05, 0.1) is 12.2 Å². The van der Waals surface area contributed by atoms with Gasteiger partial charge in [-0.15, -0.1) is 0 Å². The van der Waals surface area contributed by atoms with Gasteiger partial charge in [-0.05, 0) is 12.1 Å². The van der Waals surface area contributed by atoms with Gasteiger partial charge in [-0.25, -0.2) is 9.97 Å². The van der Waals surface area contributed by atoms with E-state index in [4.69, 9.17) is 17.3 Å². The minimum atomic E-state index is 0.188. The fraction of sp³-hybridized carbons (Fsp3) is 0.308. The van der Waals surface area contributed by atoms with Gasteiger partial charge in [0.25, 0.3) is 0 Å². The predicted octanol–water partition coefficient (Wildman–Crippen LogP) is 2.84. The van der Waals surface area contributed by atoms with Gasteiger partial charge in [0.1, 0.15) is 11.5 Å². The van der Waals surface area contributed by atoms with Crippen molar-refractivity contribution in [2.45, 2.75) is 26.3 Å². The van der Waals surface area contributed by atoms with E-state index in [0.29, 0.717) is 23.9 Å². The highest BCUT2D eigenvalue weighted by atomic mass is 35.5. The van der Waals surface area contributed by atoms with E-state index in [1.165, 1.54) is 0 Å². The summed E-state index contributed by atoms with van der Waals surface area (Å²) in [6.45, 7) is 4.55. The van der Waals surface area contributed by atoms with E-state index >= 15 is 0 Å². The lowest BCUT2D eigenvalue weighted by Gasteiger charge is -2.12. The van der Waals surface area contributed by atoms with Crippen molar-refractivity contribution in [3.8, 4) is 0 Å². The van der Waals surface area contributed by atoms with E-state index < -0.39 is 0 Å². The Morgan fingerprint density at radius 2 is 2.11 bits per heavy atom. The fourth-order valence-electron chi connectivity index (χ4n) is 1.53. The first-order chi connectivity index (χ1) is 9.08. The second kappa shape index (κ2) is 5.84. The Morgan fingerprint density at radius 1 is 1.32 bits per heavy atom. The molecule has 0 saturated carbocycles. The lowest BCUT2D eigenvalue weighted by Crippen LogP contribution is -2.10. The summed E-state index contributed by atoms with van der Waals surface area (Å²) >= 11 is 6.01. The second-order valence-electron chi connectivity index (χ2n) is 4.46. The van der Waals surface area contributed by atoms with Gasteiger partial charge in [-0.1, -0.05) is 31.5 Å². The molecule has 19 heavy (non-hydrogen) atoms. The highest BCUT2D eigenvalue weighted by Crippen LogP contribution is 2.26. The Hall–Kier alpha value is -1.88. The van der Waals surface area contributed by atoms with Crippen LogP contribution in [0.3, 0.4) is 0 Å². The maximum atomic E-state index is 6.01. The van der Waals surface area contributed by atoms with Crippen LogP contribution in [0.5, 0.6) is 0 Å². The van der Waals surface area contributed by atoms with E-state index in [-0.39, 0.29) is 11.1 Å². The molecule has 0 bridgehead atoms. The minimum absolute atomic E-state index is 0.188. The SMILES string of the molecule is CC(C)c1nc(Cl)c(N)c(NCc2ccccn2)n1. The molecule has 2 heterocycles. The summed E-state index contributed by atoms with van der Waals surface area (Å²) in [5.41, 5.74) is 7.14. The largest absolute Gasteiger partial charge is 0.393 e. The molecule has 0 spiro atoms. The van der Waals surface area contributed by atoms with Gasteiger partial charge >= 0.3 is 0 Å². The summed E-state index contributed by atoms with van der Waals surface area (Å²) in [5.74, 6) is 1.41. The Balaban J connectivity index is 2.20. The summed E-state index contributed by atoms with van der Waals surface area (Å²) in [5, 5.41) is 3.42. The van der Waals surface area contributed by atoms with Crippen molar-refractivity contribution in [2.24, 2.45) is 0 Å². The average Bonchev–Trinajstić information content (AvgIpc) is 2.41. The molecule has 0 unspecified atom stereocenters. The van der Waals surface area contributed by atoms with Crippen molar-refractivity contribution < 1.29 is 0 Å². The highest BCUT2D eigenvalue weighted by molar-refractivity contribution is 6.32. The van der Waals surface area contributed by atoms with Crippen molar-refractivity contribution in [1.82, 2.24) is 15.0 Å². The van der Waals surface area contributed by atoms with Crippen molar-refractivity contribution in [3.05, 3.63) is 41.1 Å². The standard InChI is InChI=1S/C13H16ClN5/c1-8(2)12-18-11(14)10(15)13(19-12)17-7-9-5-3-4-6-16-9/h3-6,8H,7,15H2,1-2H3,(H,17,18,19). The van der Waals surface area contributed by atoms with Crippen LogP contribution in [0.4, 0.5) is 11.5 Å². The van der Waals surface area contributed by atoms with Crippen LogP contribution in [0.15, 0.2) is 24.4 Å². The second-order valence-corrected chi connectivity index (χ2v) is 4.82. The van der Waals surface area contributed by atoms with E-state index in [1.54, 1.807) is 6.20 Å². The van der Waals surface area contributed by atoms with E-state index in [0.717, 1.165) is 5.69 Å². The van der Waals surface area contributed by atoms with Gasteiger partial charge in [0, 0.05) is 12.1 Å². The normalized spacial score (nSPS) is 10.7. The first-order valence-electron chi connectivity index (χ1n) is 6.04. The molecule has 2 aromatic heterocycles. The summed E-state index contributed by atoms with van der Waals surface area (Å²) < 4.78 is 0. The number of halogens is 1. The van der Waals surface area contributed by atoms with Gasteiger partial charge in [0.15, 0.2) is 11.0 Å². The van der Waals surface area contributed by atoms with Crippen molar-refractivity contribution in [3.63, 3.8) is 0 Å². The summed E-state index contributed by atoms with van der Waals surface area (Å²) in [7, 11) is 0. The number of pyridine rings is 1. The molecule has 100 valence electrons. The van der Waals surface area contributed by atoms with Crippen LogP contribution in [-0.4, -0.2) is 15.0 Å². The number of hydrogen-bond acceptors (Lipinski definition) is 5. The van der Waals surface area contributed by atoms with Gasteiger partial charge < -0.3 is 11.1 Å². The molecule has 0 atom stereocenters. The van der Waals surface area contributed by atoms with Crippen LogP contribution in [-0.2, 0) is 6.54 Å². The molecule has 2 rings (SSSR count). The average molecular weight is 278 g/mol. The summed E-state index contributed by atoms with van der Waals surface area (Å²) in [6.07, 6.45) is 1.74. The zero-order chi connectivity index (χ0) is 13.8. The molecule has 2 aromatic rings. The lowest BCUT2D eigenvalue weighted by molar-refractivity contribution is 0.775.